The number of hydrogen-bond donors (Lipinski definition) is 4. The van der Waals surface area contributed by atoms with Crippen LogP contribution in [0.25, 0.3) is 0 Å². The number of hydrogen-bond acceptors (Lipinski definition) is 5. The highest BCUT2D eigenvalue weighted by Gasteiger charge is 2.37. The minimum Gasteiger partial charge on any atom is -0.481 e. The van der Waals surface area contributed by atoms with E-state index < -0.39 is 35.5 Å². The molecule has 3 atom stereocenters. The fourth-order valence-corrected chi connectivity index (χ4v) is 3.12. The number of Topliss-reactive ketones (excluding diaryl/α,β-unsaturated/α-hetero) is 1. The molecule has 24 heavy (non-hydrogen) atoms. The van der Waals surface area contributed by atoms with Gasteiger partial charge < -0.3 is 21.1 Å². The first-order chi connectivity index (χ1) is 11.3. The molecule has 0 spiro atoms. The maximum Gasteiger partial charge on any atom is 0.312 e. The van der Waals surface area contributed by atoms with Gasteiger partial charge in [0.15, 0.2) is 5.78 Å². The van der Waals surface area contributed by atoms with E-state index >= 15 is 0 Å². The monoisotopic (exact) mass is 339 g/mol. The second-order valence-corrected chi connectivity index (χ2v) is 6.47. The third-order valence-electron chi connectivity index (χ3n) is 4.85. The summed E-state index contributed by atoms with van der Waals surface area (Å²) in [4.78, 5) is 36.2. The Balaban J connectivity index is 2.97. The van der Waals surface area contributed by atoms with Crippen LogP contribution in [-0.2, 0) is 14.4 Å². The van der Waals surface area contributed by atoms with Gasteiger partial charge in [-0.15, -0.1) is 0 Å². The summed E-state index contributed by atoms with van der Waals surface area (Å²) >= 11 is 0. The third kappa shape index (κ3) is 5.12. The molecule has 1 saturated carbocycles. The second-order valence-electron chi connectivity index (χ2n) is 6.47. The van der Waals surface area contributed by atoms with Crippen LogP contribution in [0.4, 0.5) is 0 Å². The van der Waals surface area contributed by atoms with Crippen LogP contribution in [0, 0.1) is 17.2 Å². The number of rotatable bonds is 9. The van der Waals surface area contributed by atoms with Crippen LogP contribution in [0.5, 0.6) is 0 Å². The maximum atomic E-state index is 12.8. The second kappa shape index (κ2) is 9.52. The zero-order valence-corrected chi connectivity index (χ0v) is 14.7. The number of aliphatic carboxylic acids is 1. The molecule has 0 bridgehead atoms. The molecule has 0 aromatic carbocycles. The van der Waals surface area contributed by atoms with E-state index in [2.05, 4.69) is 10.6 Å². The number of ketones is 1. The van der Waals surface area contributed by atoms with Gasteiger partial charge in [0.25, 0.3) is 0 Å². The van der Waals surface area contributed by atoms with Crippen molar-refractivity contribution in [3.8, 4) is 0 Å². The van der Waals surface area contributed by atoms with Gasteiger partial charge in [-0.25, -0.2) is 0 Å². The lowest BCUT2D eigenvalue weighted by atomic mass is 9.79. The van der Waals surface area contributed by atoms with Crippen LogP contribution in [-0.4, -0.2) is 47.6 Å². The minimum absolute atomic E-state index is 0.0362. The third-order valence-corrected chi connectivity index (χ3v) is 4.85. The molecule has 4 N–H and O–H groups in total. The lowest BCUT2D eigenvalue weighted by Gasteiger charge is -2.31. The SMILES string of the molecule is CCC(C(=N)C(=O)C(NC(=O)C(C)NC)C1CCCCC1)C(=O)O. The Morgan fingerprint density at radius 1 is 1.21 bits per heavy atom. The van der Waals surface area contributed by atoms with Crippen LogP contribution in [0.3, 0.4) is 0 Å². The zero-order valence-electron chi connectivity index (χ0n) is 14.7. The van der Waals surface area contributed by atoms with Crippen LogP contribution in [0.15, 0.2) is 0 Å². The molecule has 7 heteroatoms. The molecule has 0 radical (unpaired) electrons. The van der Waals surface area contributed by atoms with Gasteiger partial charge >= 0.3 is 5.97 Å². The highest BCUT2D eigenvalue weighted by Crippen LogP contribution is 2.27. The molecule has 7 nitrogen and oxygen atoms in total. The predicted octanol–water partition coefficient (Wildman–Crippen LogP) is 1.36. The van der Waals surface area contributed by atoms with E-state index in [9.17, 15) is 19.5 Å². The first kappa shape index (κ1) is 20.3. The average Bonchev–Trinajstić information content (AvgIpc) is 2.58. The van der Waals surface area contributed by atoms with Gasteiger partial charge in [0.05, 0.1) is 17.8 Å². The van der Waals surface area contributed by atoms with Crippen molar-refractivity contribution in [3.05, 3.63) is 0 Å². The molecule has 1 amide bonds. The van der Waals surface area contributed by atoms with Gasteiger partial charge in [0.1, 0.15) is 5.92 Å². The van der Waals surface area contributed by atoms with Crippen molar-refractivity contribution in [2.45, 2.75) is 64.5 Å². The molecule has 0 aromatic rings. The van der Waals surface area contributed by atoms with Crippen molar-refractivity contribution in [3.63, 3.8) is 0 Å². The topological polar surface area (TPSA) is 119 Å². The lowest BCUT2D eigenvalue weighted by molar-refractivity contribution is -0.140. The number of carboxylic acid groups (broad SMARTS) is 1. The van der Waals surface area contributed by atoms with E-state index in [0.29, 0.717) is 0 Å². The van der Waals surface area contributed by atoms with Crippen LogP contribution >= 0.6 is 0 Å². The van der Waals surface area contributed by atoms with E-state index in [1.807, 2.05) is 0 Å². The van der Waals surface area contributed by atoms with E-state index in [4.69, 9.17) is 5.41 Å². The smallest absolute Gasteiger partial charge is 0.312 e. The molecule has 0 aliphatic heterocycles. The molecule has 1 rings (SSSR count). The fraction of sp³-hybridized carbons (Fsp3) is 0.765. The molecule has 0 aromatic heterocycles. The molecular formula is C17H29N3O4. The summed E-state index contributed by atoms with van der Waals surface area (Å²) in [5.41, 5.74) is -0.419. The molecule has 1 fully saturated rings. The van der Waals surface area contributed by atoms with Gasteiger partial charge in [-0.3, -0.25) is 14.4 Å². The minimum atomic E-state index is -1.17. The molecule has 3 unspecified atom stereocenters. The summed E-state index contributed by atoms with van der Waals surface area (Å²) < 4.78 is 0. The average molecular weight is 339 g/mol. The molecular weight excluding hydrogens is 310 g/mol. The largest absolute Gasteiger partial charge is 0.481 e. The molecule has 1 aliphatic rings. The predicted molar refractivity (Wildman–Crippen MR) is 91.2 cm³/mol. The standard InChI is InChI=1S/C17H29N3O4/c1-4-12(17(23)24)13(18)15(21)14(11-8-6-5-7-9-11)20-16(22)10(2)19-3/h10-12,14,18-19H,4-9H2,1-3H3,(H,20,22)(H,23,24). The molecule has 136 valence electrons. The van der Waals surface area contributed by atoms with Gasteiger partial charge in [-0.05, 0) is 39.2 Å². The maximum absolute atomic E-state index is 12.8. The number of likely N-dealkylation sites (N-methyl/N-ethyl adjacent to an activating group) is 1. The van der Waals surface area contributed by atoms with E-state index in [0.717, 1.165) is 32.1 Å². The molecule has 0 saturated heterocycles. The number of nitrogens with one attached hydrogen (secondary N) is 3. The van der Waals surface area contributed by atoms with Gasteiger partial charge in [0, 0.05) is 0 Å². The van der Waals surface area contributed by atoms with Crippen molar-refractivity contribution in [2.24, 2.45) is 11.8 Å². The van der Waals surface area contributed by atoms with E-state index in [-0.39, 0.29) is 18.2 Å². The van der Waals surface area contributed by atoms with Crippen molar-refractivity contribution in [1.82, 2.24) is 10.6 Å². The van der Waals surface area contributed by atoms with E-state index in [1.54, 1.807) is 20.9 Å². The molecule has 0 heterocycles. The summed E-state index contributed by atoms with van der Waals surface area (Å²) in [6.45, 7) is 3.33. The Morgan fingerprint density at radius 3 is 2.25 bits per heavy atom. The van der Waals surface area contributed by atoms with Crippen molar-refractivity contribution in [1.29, 1.82) is 5.41 Å². The van der Waals surface area contributed by atoms with Crippen molar-refractivity contribution in [2.75, 3.05) is 7.05 Å². The first-order valence-electron chi connectivity index (χ1n) is 8.66. The Labute approximate surface area is 143 Å². The quantitative estimate of drug-likeness (QED) is 0.473. The Morgan fingerprint density at radius 2 is 1.79 bits per heavy atom. The van der Waals surface area contributed by atoms with Crippen molar-refractivity contribution >= 4 is 23.4 Å². The highest BCUT2D eigenvalue weighted by molar-refractivity contribution is 6.44. The highest BCUT2D eigenvalue weighted by atomic mass is 16.4. The van der Waals surface area contributed by atoms with E-state index in [1.165, 1.54) is 0 Å². The normalized spacial score (nSPS) is 19.1. The van der Waals surface area contributed by atoms with Crippen LogP contribution < -0.4 is 10.6 Å². The first-order valence-corrected chi connectivity index (χ1v) is 8.66. The fourth-order valence-electron chi connectivity index (χ4n) is 3.12. The number of carbonyl (C=O) groups excluding carboxylic acids is 2. The summed E-state index contributed by atoms with van der Waals surface area (Å²) in [6.07, 6.45) is 4.86. The van der Waals surface area contributed by atoms with Crippen LogP contribution in [0.1, 0.15) is 52.4 Å². The van der Waals surface area contributed by atoms with Gasteiger partial charge in [-0.1, -0.05) is 26.2 Å². The number of carboxylic acids is 1. The summed E-state index contributed by atoms with van der Waals surface area (Å²) in [7, 11) is 1.65. The number of amides is 1. The van der Waals surface area contributed by atoms with Crippen molar-refractivity contribution < 1.29 is 19.5 Å². The Hall–Kier alpha value is -1.76. The summed E-state index contributed by atoms with van der Waals surface area (Å²) in [5, 5.41) is 22.8. The van der Waals surface area contributed by atoms with Gasteiger partial charge in [0.2, 0.25) is 5.91 Å². The zero-order chi connectivity index (χ0) is 18.3. The Kier molecular flexibility index (Phi) is 8.04. The number of carbonyl (C=O) groups is 3. The van der Waals surface area contributed by atoms with Gasteiger partial charge in [-0.2, -0.15) is 0 Å². The van der Waals surface area contributed by atoms with Crippen LogP contribution in [0.2, 0.25) is 0 Å². The summed E-state index contributed by atoms with van der Waals surface area (Å²) in [6, 6.07) is -1.27. The summed E-state index contributed by atoms with van der Waals surface area (Å²) in [5.74, 6) is -3.20. The lowest BCUT2D eigenvalue weighted by Crippen LogP contribution is -2.54. The Bertz CT molecular complexity index is 486. The molecule has 1 aliphatic carbocycles.